The zero-order valence-corrected chi connectivity index (χ0v) is 7.29. The minimum absolute atomic E-state index is 0.00521. The molecule has 0 N–H and O–H groups in total. The fourth-order valence-electron chi connectivity index (χ4n) is 1.51. The number of hydrogen-bond acceptors (Lipinski definition) is 0. The van der Waals surface area contributed by atoms with E-state index in [2.05, 4.69) is 0 Å². The molecule has 0 atom stereocenters. The average molecular weight is 162 g/mol. The van der Waals surface area contributed by atoms with E-state index in [1.807, 2.05) is 6.92 Å². The molecule has 1 aliphatic carbocycles. The third-order valence-electron chi connectivity index (χ3n) is 2.86. The van der Waals surface area contributed by atoms with Crippen molar-refractivity contribution in [3.05, 3.63) is 0 Å². The van der Waals surface area contributed by atoms with Crippen molar-refractivity contribution in [2.24, 2.45) is 5.41 Å². The fourth-order valence-corrected chi connectivity index (χ4v) is 1.51. The van der Waals surface area contributed by atoms with Gasteiger partial charge in [-0.3, -0.25) is 0 Å². The van der Waals surface area contributed by atoms with Crippen molar-refractivity contribution in [2.45, 2.75) is 51.9 Å². The van der Waals surface area contributed by atoms with Gasteiger partial charge in [0.25, 0.3) is 0 Å². The van der Waals surface area contributed by atoms with E-state index in [-0.39, 0.29) is 18.3 Å². The van der Waals surface area contributed by atoms with Gasteiger partial charge in [0.15, 0.2) is 0 Å². The number of alkyl halides is 2. The number of halogens is 2. The summed E-state index contributed by atoms with van der Waals surface area (Å²) in [5, 5.41) is 0. The van der Waals surface area contributed by atoms with Gasteiger partial charge in [0.2, 0.25) is 5.92 Å². The Morgan fingerprint density at radius 1 is 1.27 bits per heavy atom. The molecule has 0 saturated heterocycles. The molecule has 2 heteroatoms. The Labute approximate surface area is 67.0 Å². The van der Waals surface area contributed by atoms with Crippen LogP contribution in [0, 0.1) is 5.41 Å². The summed E-state index contributed by atoms with van der Waals surface area (Å²) in [6.07, 6.45) is 3.06. The summed E-state index contributed by atoms with van der Waals surface area (Å²) in [5.74, 6) is -2.41. The molecule has 1 fully saturated rings. The molecular weight excluding hydrogens is 146 g/mol. The molecule has 0 nitrogen and oxygen atoms in total. The summed E-state index contributed by atoms with van der Waals surface area (Å²) in [6, 6.07) is 0. The lowest BCUT2D eigenvalue weighted by molar-refractivity contribution is -0.0313. The van der Waals surface area contributed by atoms with Crippen LogP contribution in [0.15, 0.2) is 0 Å². The van der Waals surface area contributed by atoms with Gasteiger partial charge >= 0.3 is 0 Å². The van der Waals surface area contributed by atoms with Crippen LogP contribution in [-0.4, -0.2) is 5.92 Å². The van der Waals surface area contributed by atoms with E-state index in [4.69, 9.17) is 0 Å². The third-order valence-corrected chi connectivity index (χ3v) is 2.86. The second kappa shape index (κ2) is 2.72. The maximum absolute atomic E-state index is 12.9. The molecule has 0 aliphatic heterocycles. The van der Waals surface area contributed by atoms with Crippen LogP contribution >= 0.6 is 0 Å². The first-order valence-electron chi connectivity index (χ1n) is 4.41. The predicted octanol–water partition coefficient (Wildman–Crippen LogP) is 3.61. The molecule has 1 aliphatic rings. The van der Waals surface area contributed by atoms with Crippen molar-refractivity contribution in [3.8, 4) is 0 Å². The van der Waals surface area contributed by atoms with E-state index in [1.54, 1.807) is 6.92 Å². The molecule has 0 heterocycles. The third kappa shape index (κ3) is 2.14. The Bertz CT molecular complexity index is 132. The molecule has 0 spiro atoms. The Morgan fingerprint density at radius 2 is 1.82 bits per heavy atom. The van der Waals surface area contributed by atoms with Crippen molar-refractivity contribution in [3.63, 3.8) is 0 Å². The minimum Gasteiger partial charge on any atom is -0.207 e. The quantitative estimate of drug-likeness (QED) is 0.592. The van der Waals surface area contributed by atoms with E-state index in [0.717, 1.165) is 19.3 Å². The van der Waals surface area contributed by atoms with Crippen LogP contribution in [0.25, 0.3) is 0 Å². The van der Waals surface area contributed by atoms with Gasteiger partial charge in [-0.25, -0.2) is 8.78 Å². The molecule has 0 amide bonds. The summed E-state index contributed by atoms with van der Waals surface area (Å²) in [6.45, 7) is 3.57. The lowest BCUT2D eigenvalue weighted by Crippen LogP contribution is -2.20. The van der Waals surface area contributed by atoms with E-state index in [9.17, 15) is 8.78 Å². The summed E-state index contributed by atoms with van der Waals surface area (Å²) in [5.41, 5.74) is 0.0273. The van der Waals surface area contributed by atoms with Crippen LogP contribution in [-0.2, 0) is 0 Å². The van der Waals surface area contributed by atoms with Gasteiger partial charge in [-0.2, -0.15) is 0 Å². The van der Waals surface area contributed by atoms with Gasteiger partial charge in [-0.05, 0) is 18.3 Å². The van der Waals surface area contributed by atoms with Crippen molar-refractivity contribution < 1.29 is 8.78 Å². The first kappa shape index (κ1) is 8.95. The Hall–Kier alpha value is -0.140. The van der Waals surface area contributed by atoms with Crippen molar-refractivity contribution in [1.29, 1.82) is 0 Å². The summed E-state index contributed by atoms with van der Waals surface area (Å²) < 4.78 is 25.8. The van der Waals surface area contributed by atoms with Crippen LogP contribution in [0.2, 0.25) is 0 Å². The molecule has 66 valence electrons. The van der Waals surface area contributed by atoms with Crippen LogP contribution in [0.1, 0.15) is 46.0 Å². The Balaban J connectivity index is 2.41. The molecule has 0 aromatic carbocycles. The first-order valence-corrected chi connectivity index (χ1v) is 4.41. The standard InChI is InChI=1S/C9H16F2/c1-3-8(5-6-8)7-9(10,11)4-2/h3-7H2,1-2H3. The summed E-state index contributed by atoms with van der Waals surface area (Å²) in [4.78, 5) is 0. The molecule has 0 bridgehead atoms. The first-order chi connectivity index (χ1) is 5.04. The zero-order valence-electron chi connectivity index (χ0n) is 7.29. The maximum Gasteiger partial charge on any atom is 0.248 e. The van der Waals surface area contributed by atoms with Gasteiger partial charge in [0, 0.05) is 12.8 Å². The second-order valence-electron chi connectivity index (χ2n) is 3.74. The molecule has 1 rings (SSSR count). The van der Waals surface area contributed by atoms with Gasteiger partial charge in [0.1, 0.15) is 0 Å². The largest absolute Gasteiger partial charge is 0.248 e. The van der Waals surface area contributed by atoms with E-state index < -0.39 is 5.92 Å². The van der Waals surface area contributed by atoms with Crippen molar-refractivity contribution >= 4 is 0 Å². The zero-order chi connectivity index (χ0) is 8.54. The van der Waals surface area contributed by atoms with E-state index >= 15 is 0 Å². The maximum atomic E-state index is 12.9. The monoisotopic (exact) mass is 162 g/mol. The summed E-state index contributed by atoms with van der Waals surface area (Å²) in [7, 11) is 0. The SMILES string of the molecule is CCC(F)(F)CC1(CC)CC1. The van der Waals surface area contributed by atoms with Gasteiger partial charge in [-0.15, -0.1) is 0 Å². The van der Waals surface area contributed by atoms with E-state index in [1.165, 1.54) is 0 Å². The predicted molar refractivity (Wildman–Crippen MR) is 41.8 cm³/mol. The normalized spacial score (nSPS) is 21.8. The fraction of sp³-hybridized carbons (Fsp3) is 1.00. The minimum atomic E-state index is -2.41. The molecule has 0 aromatic heterocycles. The molecule has 0 aromatic rings. The Kier molecular flexibility index (Phi) is 2.22. The van der Waals surface area contributed by atoms with Crippen molar-refractivity contribution in [2.75, 3.05) is 0 Å². The topological polar surface area (TPSA) is 0 Å². The van der Waals surface area contributed by atoms with Gasteiger partial charge in [-0.1, -0.05) is 20.3 Å². The van der Waals surface area contributed by atoms with Crippen LogP contribution in [0.4, 0.5) is 8.78 Å². The number of rotatable bonds is 4. The number of hydrogen-bond donors (Lipinski definition) is 0. The lowest BCUT2D eigenvalue weighted by Gasteiger charge is -2.20. The van der Waals surface area contributed by atoms with E-state index in [0.29, 0.717) is 0 Å². The van der Waals surface area contributed by atoms with Crippen LogP contribution in [0.3, 0.4) is 0 Å². The highest BCUT2D eigenvalue weighted by molar-refractivity contribution is 4.95. The highest BCUT2D eigenvalue weighted by atomic mass is 19.3. The van der Waals surface area contributed by atoms with Crippen LogP contribution in [0.5, 0.6) is 0 Å². The molecule has 11 heavy (non-hydrogen) atoms. The van der Waals surface area contributed by atoms with Crippen LogP contribution < -0.4 is 0 Å². The Morgan fingerprint density at radius 3 is 2.09 bits per heavy atom. The van der Waals surface area contributed by atoms with Gasteiger partial charge < -0.3 is 0 Å². The smallest absolute Gasteiger partial charge is 0.207 e. The second-order valence-corrected chi connectivity index (χ2v) is 3.74. The lowest BCUT2D eigenvalue weighted by atomic mass is 9.94. The highest BCUT2D eigenvalue weighted by Gasteiger charge is 2.47. The van der Waals surface area contributed by atoms with Gasteiger partial charge in [0.05, 0.1) is 0 Å². The average Bonchev–Trinajstić information content (AvgIpc) is 2.69. The molecule has 1 saturated carbocycles. The summed E-state index contributed by atoms with van der Waals surface area (Å²) >= 11 is 0. The van der Waals surface area contributed by atoms with Crippen molar-refractivity contribution in [1.82, 2.24) is 0 Å². The highest BCUT2D eigenvalue weighted by Crippen LogP contribution is 2.55. The molecule has 0 radical (unpaired) electrons. The molecule has 0 unspecified atom stereocenters. The molecular formula is C9H16F2.